The molecule has 2 aromatic carbocycles. The van der Waals surface area contributed by atoms with Gasteiger partial charge in [-0.1, -0.05) is 44.2 Å². The average Bonchev–Trinajstić information content (AvgIpc) is 3.11. The minimum absolute atomic E-state index is 0.0968. The fraction of sp³-hybridized carbons (Fsp3) is 0.333. The third-order valence-electron chi connectivity index (χ3n) is 5.54. The van der Waals surface area contributed by atoms with Gasteiger partial charge in [0.1, 0.15) is 5.82 Å². The number of carbonyl (C=O) groups excluding carboxylic acids is 2. The molecule has 1 aromatic heterocycles. The Labute approximate surface area is 189 Å². The summed E-state index contributed by atoms with van der Waals surface area (Å²) in [6.45, 7) is 8.96. The molecule has 0 atom stereocenters. The first kappa shape index (κ1) is 23.5. The molecule has 3 aromatic rings. The average molecular weight is 435 g/mol. The van der Waals surface area contributed by atoms with Crippen LogP contribution in [0, 0.1) is 11.7 Å². The van der Waals surface area contributed by atoms with Crippen LogP contribution in [0.5, 0.6) is 0 Å². The third kappa shape index (κ3) is 5.72. The second kappa shape index (κ2) is 10.4. The predicted octanol–water partition coefficient (Wildman–Crippen LogP) is 5.96. The number of aromatic nitrogens is 1. The summed E-state index contributed by atoms with van der Waals surface area (Å²) in [6.07, 6.45) is 6.49. The number of para-hydroxylation sites is 1. The lowest BCUT2D eigenvalue weighted by Crippen LogP contribution is -2.39. The number of nitrogens with zero attached hydrogens (tertiary/aromatic N) is 2. The molecular weight excluding hydrogens is 403 g/mol. The number of amides is 1. The zero-order chi connectivity index (χ0) is 23.3. The van der Waals surface area contributed by atoms with E-state index in [1.165, 1.54) is 29.2 Å². The second-order valence-electron chi connectivity index (χ2n) is 8.80. The van der Waals surface area contributed by atoms with Crippen molar-refractivity contribution in [2.45, 2.75) is 46.7 Å². The van der Waals surface area contributed by atoms with Crippen molar-refractivity contribution in [3.8, 4) is 0 Å². The van der Waals surface area contributed by atoms with Crippen LogP contribution in [-0.2, 0) is 11.3 Å². The number of benzene rings is 2. The molecule has 5 heteroatoms. The van der Waals surface area contributed by atoms with Gasteiger partial charge in [-0.2, -0.15) is 0 Å². The molecule has 0 saturated carbocycles. The SMILES string of the molecule is CC(C)CCn1cc(/C=C/C(=O)N(CC(=O)c2cccc(F)c2)C(C)C)c2ccccc21. The van der Waals surface area contributed by atoms with Gasteiger partial charge >= 0.3 is 0 Å². The predicted molar refractivity (Wildman–Crippen MR) is 128 cm³/mol. The maximum atomic E-state index is 13.5. The van der Waals surface area contributed by atoms with Gasteiger partial charge < -0.3 is 9.47 Å². The summed E-state index contributed by atoms with van der Waals surface area (Å²) in [5.41, 5.74) is 2.38. The van der Waals surface area contributed by atoms with Crippen LogP contribution in [0.4, 0.5) is 4.39 Å². The van der Waals surface area contributed by atoms with E-state index in [4.69, 9.17) is 0 Å². The topological polar surface area (TPSA) is 42.3 Å². The Kier molecular flexibility index (Phi) is 7.62. The smallest absolute Gasteiger partial charge is 0.247 e. The summed E-state index contributed by atoms with van der Waals surface area (Å²) in [7, 11) is 0. The highest BCUT2D eigenvalue weighted by Gasteiger charge is 2.19. The Balaban J connectivity index is 1.80. The largest absolute Gasteiger partial charge is 0.347 e. The number of ketones is 1. The van der Waals surface area contributed by atoms with E-state index < -0.39 is 5.82 Å². The maximum absolute atomic E-state index is 13.5. The van der Waals surface area contributed by atoms with Crippen molar-refractivity contribution >= 4 is 28.7 Å². The lowest BCUT2D eigenvalue weighted by molar-refractivity contribution is -0.127. The summed E-state index contributed by atoms with van der Waals surface area (Å²) in [4.78, 5) is 27.1. The minimum Gasteiger partial charge on any atom is -0.347 e. The van der Waals surface area contributed by atoms with Gasteiger partial charge in [-0.05, 0) is 50.5 Å². The van der Waals surface area contributed by atoms with Crippen LogP contribution >= 0.6 is 0 Å². The molecule has 0 bridgehead atoms. The number of aryl methyl sites for hydroxylation is 1. The highest BCUT2D eigenvalue weighted by Crippen LogP contribution is 2.23. The van der Waals surface area contributed by atoms with E-state index in [1.807, 2.05) is 32.1 Å². The summed E-state index contributed by atoms with van der Waals surface area (Å²) < 4.78 is 15.7. The number of halogens is 1. The van der Waals surface area contributed by atoms with Crippen molar-refractivity contribution in [1.82, 2.24) is 9.47 Å². The molecule has 32 heavy (non-hydrogen) atoms. The Morgan fingerprint density at radius 2 is 1.81 bits per heavy atom. The van der Waals surface area contributed by atoms with Crippen LogP contribution in [0.25, 0.3) is 17.0 Å². The van der Waals surface area contributed by atoms with Crippen LogP contribution in [0.2, 0.25) is 0 Å². The summed E-state index contributed by atoms with van der Waals surface area (Å²) in [5.74, 6) is -0.395. The zero-order valence-corrected chi connectivity index (χ0v) is 19.2. The van der Waals surface area contributed by atoms with Crippen molar-refractivity contribution in [3.63, 3.8) is 0 Å². The zero-order valence-electron chi connectivity index (χ0n) is 19.2. The number of rotatable bonds is 9. The molecule has 0 radical (unpaired) electrons. The molecule has 0 aliphatic heterocycles. The van der Waals surface area contributed by atoms with E-state index in [-0.39, 0.29) is 29.8 Å². The first-order chi connectivity index (χ1) is 15.3. The Bertz CT molecular complexity index is 1130. The second-order valence-corrected chi connectivity index (χ2v) is 8.80. The molecule has 0 aliphatic rings. The molecule has 0 aliphatic carbocycles. The molecule has 0 fully saturated rings. The molecule has 0 N–H and O–H groups in total. The van der Waals surface area contributed by atoms with Crippen molar-refractivity contribution in [3.05, 3.63) is 77.7 Å². The standard InChI is InChI=1S/C27H31FN2O2/c1-19(2)14-15-29-17-22(24-10-5-6-11-25(24)29)12-13-27(32)30(20(3)4)18-26(31)21-8-7-9-23(28)16-21/h5-13,16-17,19-20H,14-15,18H2,1-4H3/b13-12+. The molecular formula is C27H31FN2O2. The van der Waals surface area contributed by atoms with Crippen molar-refractivity contribution in [1.29, 1.82) is 0 Å². The Morgan fingerprint density at radius 3 is 2.50 bits per heavy atom. The van der Waals surface area contributed by atoms with Crippen LogP contribution in [0.1, 0.15) is 50.0 Å². The van der Waals surface area contributed by atoms with E-state index in [2.05, 4.69) is 36.7 Å². The van der Waals surface area contributed by atoms with E-state index in [0.717, 1.165) is 29.4 Å². The number of hydrogen-bond acceptors (Lipinski definition) is 2. The van der Waals surface area contributed by atoms with Gasteiger partial charge in [0.2, 0.25) is 5.91 Å². The van der Waals surface area contributed by atoms with Gasteiger partial charge in [0, 0.05) is 46.9 Å². The maximum Gasteiger partial charge on any atom is 0.247 e. The molecule has 0 unspecified atom stereocenters. The van der Waals surface area contributed by atoms with Gasteiger partial charge in [0.15, 0.2) is 5.78 Å². The summed E-state index contributed by atoms with van der Waals surface area (Å²) in [5, 5.41) is 1.09. The van der Waals surface area contributed by atoms with Crippen LogP contribution < -0.4 is 0 Å². The van der Waals surface area contributed by atoms with Crippen LogP contribution in [0.3, 0.4) is 0 Å². The normalized spacial score (nSPS) is 11.7. The van der Waals surface area contributed by atoms with Gasteiger partial charge in [-0.25, -0.2) is 4.39 Å². The van der Waals surface area contributed by atoms with E-state index in [9.17, 15) is 14.0 Å². The third-order valence-corrected chi connectivity index (χ3v) is 5.54. The molecule has 0 spiro atoms. The van der Waals surface area contributed by atoms with Gasteiger partial charge in [0.25, 0.3) is 0 Å². The lowest BCUT2D eigenvalue weighted by atomic mass is 10.1. The summed E-state index contributed by atoms with van der Waals surface area (Å²) in [6, 6.07) is 13.5. The number of Topliss-reactive ketones (excluding diaryl/α,β-unsaturated/α-hetero) is 1. The number of hydrogen-bond donors (Lipinski definition) is 0. The van der Waals surface area contributed by atoms with Crippen molar-refractivity contribution in [2.75, 3.05) is 6.54 Å². The highest BCUT2D eigenvalue weighted by atomic mass is 19.1. The molecule has 0 saturated heterocycles. The van der Waals surface area contributed by atoms with Gasteiger partial charge in [-0.15, -0.1) is 0 Å². The molecule has 168 valence electrons. The van der Waals surface area contributed by atoms with Gasteiger partial charge in [-0.3, -0.25) is 9.59 Å². The summed E-state index contributed by atoms with van der Waals surface area (Å²) >= 11 is 0. The molecule has 3 rings (SSSR count). The fourth-order valence-corrected chi connectivity index (χ4v) is 3.67. The van der Waals surface area contributed by atoms with E-state index in [0.29, 0.717) is 5.92 Å². The first-order valence-electron chi connectivity index (χ1n) is 11.1. The minimum atomic E-state index is -0.466. The van der Waals surface area contributed by atoms with Gasteiger partial charge in [0.05, 0.1) is 6.54 Å². The van der Waals surface area contributed by atoms with E-state index >= 15 is 0 Å². The number of fused-ring (bicyclic) bond motifs is 1. The van der Waals surface area contributed by atoms with Crippen molar-refractivity contribution in [2.24, 2.45) is 5.92 Å². The molecule has 1 heterocycles. The highest BCUT2D eigenvalue weighted by molar-refractivity contribution is 6.02. The Morgan fingerprint density at radius 1 is 1.06 bits per heavy atom. The van der Waals surface area contributed by atoms with Crippen molar-refractivity contribution < 1.29 is 14.0 Å². The molecule has 4 nitrogen and oxygen atoms in total. The lowest BCUT2D eigenvalue weighted by Gasteiger charge is -2.24. The fourth-order valence-electron chi connectivity index (χ4n) is 3.67. The monoisotopic (exact) mass is 434 g/mol. The Hall–Kier alpha value is -3.21. The molecule has 1 amide bonds. The van der Waals surface area contributed by atoms with Crippen LogP contribution in [0.15, 0.2) is 60.8 Å². The number of carbonyl (C=O) groups is 2. The first-order valence-corrected chi connectivity index (χ1v) is 11.1. The quantitative estimate of drug-likeness (QED) is 0.308. The van der Waals surface area contributed by atoms with Crippen LogP contribution in [-0.4, -0.2) is 33.7 Å². The van der Waals surface area contributed by atoms with E-state index in [1.54, 1.807) is 6.07 Å².